The summed E-state index contributed by atoms with van der Waals surface area (Å²) >= 11 is 0. The van der Waals surface area contributed by atoms with E-state index in [2.05, 4.69) is 10.6 Å². The first kappa shape index (κ1) is 26.1. The molecule has 196 valence electrons. The summed E-state index contributed by atoms with van der Waals surface area (Å²) < 4.78 is 19.1. The number of para-hydroxylation sites is 1. The van der Waals surface area contributed by atoms with Crippen molar-refractivity contribution in [2.45, 2.75) is 37.8 Å². The number of benzene rings is 2. The summed E-state index contributed by atoms with van der Waals surface area (Å²) in [7, 11) is 1.51. The van der Waals surface area contributed by atoms with Crippen LogP contribution in [0.3, 0.4) is 0 Å². The minimum Gasteiger partial charge on any atom is -0.491 e. The summed E-state index contributed by atoms with van der Waals surface area (Å²) in [4.78, 5) is 55.1. The highest BCUT2D eigenvalue weighted by Crippen LogP contribution is 2.23. The smallest absolute Gasteiger partial charge is 0.255 e. The molecule has 0 spiro atoms. The van der Waals surface area contributed by atoms with Crippen LogP contribution in [-0.2, 0) is 20.8 Å². The van der Waals surface area contributed by atoms with E-state index in [0.29, 0.717) is 18.7 Å². The first-order valence-electron chi connectivity index (χ1n) is 12.4. The van der Waals surface area contributed by atoms with E-state index in [1.807, 2.05) is 0 Å². The average Bonchev–Trinajstić information content (AvgIpc) is 3.36. The van der Waals surface area contributed by atoms with E-state index < -0.39 is 23.8 Å². The molecule has 0 bridgehead atoms. The van der Waals surface area contributed by atoms with E-state index in [0.717, 1.165) is 18.4 Å². The fourth-order valence-corrected chi connectivity index (χ4v) is 4.57. The Morgan fingerprint density at radius 1 is 1.11 bits per heavy atom. The predicted octanol–water partition coefficient (Wildman–Crippen LogP) is 1.51. The fraction of sp³-hybridized carbons (Fsp3) is 0.407. The van der Waals surface area contributed by atoms with Crippen LogP contribution in [0.1, 0.15) is 35.2 Å². The largest absolute Gasteiger partial charge is 0.491 e. The molecule has 2 atom stereocenters. The zero-order valence-corrected chi connectivity index (χ0v) is 20.7. The molecular weight excluding hydrogens is 479 g/mol. The summed E-state index contributed by atoms with van der Waals surface area (Å²) in [5.74, 6) is -1.70. The fourth-order valence-electron chi connectivity index (χ4n) is 4.57. The summed E-state index contributed by atoms with van der Waals surface area (Å²) in [6.45, 7) is 0.908. The molecule has 2 heterocycles. The molecule has 2 aromatic rings. The number of rotatable bonds is 4. The van der Waals surface area contributed by atoms with Crippen molar-refractivity contribution in [2.75, 3.05) is 33.3 Å². The number of hydrogen-bond acceptors (Lipinski definition) is 5. The number of likely N-dealkylation sites (N-methyl/N-ethyl adjacent to an activating group) is 1. The van der Waals surface area contributed by atoms with Crippen LogP contribution in [0, 0.1) is 5.82 Å². The van der Waals surface area contributed by atoms with Crippen molar-refractivity contribution >= 4 is 23.6 Å². The van der Waals surface area contributed by atoms with Gasteiger partial charge in [-0.05, 0) is 49.1 Å². The number of halogens is 1. The molecule has 4 rings (SSSR count). The molecule has 0 radical (unpaired) electrons. The van der Waals surface area contributed by atoms with Crippen LogP contribution >= 0.6 is 0 Å². The lowest BCUT2D eigenvalue weighted by molar-refractivity contribution is -0.141. The van der Waals surface area contributed by atoms with Gasteiger partial charge in [-0.3, -0.25) is 19.2 Å². The van der Waals surface area contributed by atoms with E-state index >= 15 is 0 Å². The van der Waals surface area contributed by atoms with E-state index in [9.17, 15) is 23.6 Å². The zero-order valence-electron chi connectivity index (χ0n) is 20.7. The topological polar surface area (TPSA) is 108 Å². The Hall–Kier alpha value is -3.95. The number of carbonyl (C=O) groups excluding carboxylic acids is 4. The van der Waals surface area contributed by atoms with Gasteiger partial charge in [-0.15, -0.1) is 0 Å². The number of amides is 4. The Balaban J connectivity index is 1.52. The minimum atomic E-state index is -1.17. The van der Waals surface area contributed by atoms with E-state index in [1.54, 1.807) is 41.3 Å². The van der Waals surface area contributed by atoms with Gasteiger partial charge in [0.15, 0.2) is 0 Å². The summed E-state index contributed by atoms with van der Waals surface area (Å²) in [5.41, 5.74) is 1.07. The number of ether oxygens (including phenoxy) is 1. The Labute approximate surface area is 214 Å². The van der Waals surface area contributed by atoms with Gasteiger partial charge < -0.3 is 25.2 Å². The normalized spacial score (nSPS) is 20.9. The highest BCUT2D eigenvalue weighted by molar-refractivity contribution is 6.01. The molecule has 37 heavy (non-hydrogen) atoms. The van der Waals surface area contributed by atoms with Crippen molar-refractivity contribution < 1.29 is 28.3 Å². The highest BCUT2D eigenvalue weighted by Gasteiger charge is 2.33. The quantitative estimate of drug-likeness (QED) is 0.649. The summed E-state index contributed by atoms with van der Waals surface area (Å²) in [6.07, 6.45) is 1.74. The van der Waals surface area contributed by atoms with Crippen LogP contribution in [0.2, 0.25) is 0 Å². The van der Waals surface area contributed by atoms with E-state index in [-0.39, 0.29) is 49.4 Å². The lowest BCUT2D eigenvalue weighted by atomic mass is 10.1. The van der Waals surface area contributed by atoms with Gasteiger partial charge in [-0.25, -0.2) is 4.39 Å². The molecule has 0 saturated carbocycles. The second-order valence-corrected chi connectivity index (χ2v) is 9.34. The third-order valence-corrected chi connectivity index (χ3v) is 6.69. The molecule has 0 unspecified atom stereocenters. The molecular formula is C27H31FN4O5. The van der Waals surface area contributed by atoms with Crippen LogP contribution in [0.5, 0.6) is 5.75 Å². The zero-order chi connectivity index (χ0) is 26.4. The van der Waals surface area contributed by atoms with Crippen LogP contribution in [0.4, 0.5) is 4.39 Å². The van der Waals surface area contributed by atoms with E-state index in [4.69, 9.17) is 4.74 Å². The van der Waals surface area contributed by atoms with Gasteiger partial charge >= 0.3 is 0 Å². The van der Waals surface area contributed by atoms with Crippen LogP contribution in [0.25, 0.3) is 0 Å². The molecule has 1 saturated heterocycles. The Morgan fingerprint density at radius 2 is 1.86 bits per heavy atom. The van der Waals surface area contributed by atoms with Gasteiger partial charge in [0.2, 0.25) is 17.7 Å². The maximum atomic E-state index is 13.2. The molecule has 1 fully saturated rings. The lowest BCUT2D eigenvalue weighted by Crippen LogP contribution is -2.51. The molecule has 2 N–H and O–H groups in total. The highest BCUT2D eigenvalue weighted by atomic mass is 19.1. The van der Waals surface area contributed by atoms with Crippen LogP contribution < -0.4 is 15.4 Å². The number of carbonyl (C=O) groups is 4. The average molecular weight is 511 g/mol. The van der Waals surface area contributed by atoms with Crippen molar-refractivity contribution in [1.82, 2.24) is 20.4 Å². The molecule has 10 heteroatoms. The number of nitrogens with one attached hydrogen (secondary N) is 2. The molecule has 0 aliphatic carbocycles. The van der Waals surface area contributed by atoms with E-state index in [1.165, 1.54) is 24.1 Å². The number of hydrogen-bond donors (Lipinski definition) is 2. The molecule has 2 aliphatic rings. The van der Waals surface area contributed by atoms with Gasteiger partial charge in [-0.2, -0.15) is 0 Å². The van der Waals surface area contributed by atoms with Crippen LogP contribution in [0.15, 0.2) is 48.5 Å². The van der Waals surface area contributed by atoms with Crippen molar-refractivity contribution in [3.05, 3.63) is 65.5 Å². The van der Waals surface area contributed by atoms with Gasteiger partial charge in [-0.1, -0.05) is 24.3 Å². The number of nitrogens with zero attached hydrogens (tertiary/aromatic N) is 2. The summed E-state index contributed by atoms with van der Waals surface area (Å²) in [5, 5.41) is 5.41. The van der Waals surface area contributed by atoms with Crippen molar-refractivity contribution in [3.63, 3.8) is 0 Å². The number of fused-ring (bicyclic) bond motifs is 2. The monoisotopic (exact) mass is 510 g/mol. The molecule has 2 aromatic carbocycles. The molecule has 0 aromatic heterocycles. The Bertz CT molecular complexity index is 1160. The molecule has 9 nitrogen and oxygen atoms in total. The first-order valence-corrected chi connectivity index (χ1v) is 12.4. The molecule has 4 amide bonds. The minimum absolute atomic E-state index is 0.126. The van der Waals surface area contributed by atoms with Crippen LogP contribution in [-0.4, -0.2) is 78.8 Å². The Kier molecular flexibility index (Phi) is 8.37. The second kappa shape index (κ2) is 11.9. The van der Waals surface area contributed by atoms with Gasteiger partial charge in [0.1, 0.15) is 24.2 Å². The summed E-state index contributed by atoms with van der Waals surface area (Å²) in [6, 6.07) is 11.3. The SMILES string of the molecule is CN1CC(=O)N2CCC[C@@H]2COc2ccccc2C(=O)N[C@H](C(=O)NCCc2ccc(F)cc2)CC1=O. The second-order valence-electron chi connectivity index (χ2n) is 9.34. The molecule has 2 aliphatic heterocycles. The van der Waals surface area contributed by atoms with Gasteiger partial charge in [0.05, 0.1) is 24.6 Å². The standard InChI is InChI=1S/C27H31FN4O5/c1-31-16-25(34)32-14-4-5-20(32)17-37-23-7-3-2-6-21(23)26(35)30-22(15-24(31)33)27(36)29-13-12-18-8-10-19(28)11-9-18/h2-3,6-11,20,22H,4-5,12-17H2,1H3,(H,29,36)(H,30,35)/t20-,22+/m1/s1. The first-order chi connectivity index (χ1) is 17.8. The maximum absolute atomic E-state index is 13.2. The van der Waals surface area contributed by atoms with Gasteiger partial charge in [0.25, 0.3) is 5.91 Å². The third-order valence-electron chi connectivity index (χ3n) is 6.69. The third kappa shape index (κ3) is 6.63. The Morgan fingerprint density at radius 3 is 2.65 bits per heavy atom. The van der Waals surface area contributed by atoms with Crippen molar-refractivity contribution in [2.24, 2.45) is 0 Å². The van der Waals surface area contributed by atoms with Crippen molar-refractivity contribution in [3.8, 4) is 5.75 Å². The van der Waals surface area contributed by atoms with Gasteiger partial charge in [0, 0.05) is 20.1 Å². The van der Waals surface area contributed by atoms with Crippen molar-refractivity contribution in [1.29, 1.82) is 0 Å². The maximum Gasteiger partial charge on any atom is 0.255 e. The lowest BCUT2D eigenvalue weighted by Gasteiger charge is -2.29. The predicted molar refractivity (Wildman–Crippen MR) is 133 cm³/mol.